The van der Waals surface area contributed by atoms with Crippen LogP contribution in [0.5, 0.6) is 11.5 Å². The van der Waals surface area contributed by atoms with Crippen molar-refractivity contribution in [2.75, 3.05) is 23.9 Å². The molecule has 1 saturated heterocycles. The van der Waals surface area contributed by atoms with Gasteiger partial charge in [0.1, 0.15) is 11.5 Å². The van der Waals surface area contributed by atoms with Gasteiger partial charge >= 0.3 is 0 Å². The molecule has 0 radical (unpaired) electrons. The number of rotatable bonds is 4. The molecule has 0 spiro atoms. The summed E-state index contributed by atoms with van der Waals surface area (Å²) in [6, 6.07) is 11.9. The monoisotopic (exact) mass is 340 g/mol. The van der Waals surface area contributed by atoms with Crippen LogP contribution in [0.3, 0.4) is 0 Å². The third-order valence-corrected chi connectivity index (χ3v) is 4.23. The topological polar surface area (TPSA) is 78.9 Å². The van der Waals surface area contributed by atoms with Gasteiger partial charge in [0.15, 0.2) is 0 Å². The van der Waals surface area contributed by atoms with Crippen LogP contribution in [0, 0.1) is 12.8 Å². The van der Waals surface area contributed by atoms with Gasteiger partial charge in [0.25, 0.3) is 0 Å². The van der Waals surface area contributed by atoms with Crippen LogP contribution in [-0.2, 0) is 9.59 Å². The fraction of sp³-hybridized carbons (Fsp3) is 0.263. The number of nitrogens with one attached hydrogen (secondary N) is 1. The Morgan fingerprint density at radius 1 is 1.28 bits per heavy atom. The summed E-state index contributed by atoms with van der Waals surface area (Å²) in [5.41, 5.74) is 2.19. The minimum Gasteiger partial charge on any atom is -0.508 e. The van der Waals surface area contributed by atoms with E-state index in [0.717, 1.165) is 5.56 Å². The predicted octanol–water partition coefficient (Wildman–Crippen LogP) is 2.70. The van der Waals surface area contributed by atoms with Gasteiger partial charge in [-0.1, -0.05) is 12.1 Å². The van der Waals surface area contributed by atoms with Crippen LogP contribution < -0.4 is 15.0 Å². The third-order valence-electron chi connectivity index (χ3n) is 4.23. The van der Waals surface area contributed by atoms with E-state index in [1.54, 1.807) is 24.1 Å². The first-order valence-electron chi connectivity index (χ1n) is 8.03. The molecule has 0 aliphatic carbocycles. The van der Waals surface area contributed by atoms with E-state index in [-0.39, 0.29) is 24.0 Å². The fourth-order valence-electron chi connectivity index (χ4n) is 2.95. The minimum atomic E-state index is -0.458. The molecule has 130 valence electrons. The molecule has 1 heterocycles. The Morgan fingerprint density at radius 2 is 2.08 bits per heavy atom. The number of ether oxygens (including phenoxy) is 1. The highest BCUT2D eigenvalue weighted by atomic mass is 16.5. The molecule has 2 N–H and O–H groups in total. The normalized spacial score (nSPS) is 16.8. The average molecular weight is 340 g/mol. The largest absolute Gasteiger partial charge is 0.508 e. The van der Waals surface area contributed by atoms with Crippen LogP contribution in [0.4, 0.5) is 11.4 Å². The zero-order valence-electron chi connectivity index (χ0n) is 14.2. The molecular formula is C19H20N2O4. The maximum absolute atomic E-state index is 12.5. The van der Waals surface area contributed by atoms with Gasteiger partial charge in [0.2, 0.25) is 11.8 Å². The molecule has 2 amide bonds. The Kier molecular flexibility index (Phi) is 4.61. The second-order valence-electron chi connectivity index (χ2n) is 6.12. The number of methoxy groups -OCH3 is 1. The summed E-state index contributed by atoms with van der Waals surface area (Å²) in [4.78, 5) is 26.5. The molecule has 0 bridgehead atoms. The maximum atomic E-state index is 12.5. The maximum Gasteiger partial charge on any atom is 0.229 e. The molecule has 2 aromatic rings. The van der Waals surface area contributed by atoms with E-state index < -0.39 is 5.92 Å². The van der Waals surface area contributed by atoms with Crippen molar-refractivity contribution in [3.8, 4) is 11.5 Å². The van der Waals surface area contributed by atoms with E-state index in [2.05, 4.69) is 5.32 Å². The van der Waals surface area contributed by atoms with E-state index in [4.69, 9.17) is 4.74 Å². The van der Waals surface area contributed by atoms with Gasteiger partial charge in [0, 0.05) is 24.7 Å². The zero-order chi connectivity index (χ0) is 18.0. The lowest BCUT2D eigenvalue weighted by atomic mass is 10.1. The Labute approximate surface area is 146 Å². The second kappa shape index (κ2) is 6.84. The second-order valence-corrected chi connectivity index (χ2v) is 6.12. The van der Waals surface area contributed by atoms with Gasteiger partial charge in [0.05, 0.1) is 18.7 Å². The Bertz CT molecular complexity index is 819. The number of carbonyl (C=O) groups excluding carboxylic acids is 2. The van der Waals surface area contributed by atoms with E-state index in [1.165, 1.54) is 12.1 Å². The lowest BCUT2D eigenvalue weighted by Gasteiger charge is -2.20. The van der Waals surface area contributed by atoms with Gasteiger partial charge in [-0.05, 0) is 36.8 Å². The number of nitrogens with zero attached hydrogens (tertiary/aromatic N) is 1. The molecule has 1 aliphatic heterocycles. The fourth-order valence-corrected chi connectivity index (χ4v) is 2.95. The zero-order valence-corrected chi connectivity index (χ0v) is 14.2. The number of aromatic hydroxyl groups is 1. The number of phenolic OH excluding ortho intramolecular Hbond substituents is 1. The third kappa shape index (κ3) is 3.57. The number of anilines is 2. The van der Waals surface area contributed by atoms with Crippen molar-refractivity contribution in [2.24, 2.45) is 5.92 Å². The molecule has 3 rings (SSSR count). The molecule has 1 atom stereocenters. The van der Waals surface area contributed by atoms with Crippen LogP contribution in [0.1, 0.15) is 12.0 Å². The number of aryl methyl sites for hydroxylation is 1. The molecule has 2 aromatic carbocycles. The number of hydrogen-bond donors (Lipinski definition) is 2. The number of phenols is 1. The first-order chi connectivity index (χ1) is 12.0. The molecule has 6 nitrogen and oxygen atoms in total. The smallest absolute Gasteiger partial charge is 0.229 e. The molecule has 25 heavy (non-hydrogen) atoms. The summed E-state index contributed by atoms with van der Waals surface area (Å²) in [5, 5.41) is 12.2. The van der Waals surface area contributed by atoms with Crippen molar-refractivity contribution in [3.05, 3.63) is 48.0 Å². The number of hydrogen-bond acceptors (Lipinski definition) is 4. The molecule has 6 heteroatoms. The molecule has 0 saturated carbocycles. The lowest BCUT2D eigenvalue weighted by molar-refractivity contribution is -0.122. The van der Waals surface area contributed by atoms with Gasteiger partial charge in [-0.3, -0.25) is 9.59 Å². The van der Waals surface area contributed by atoms with Crippen LogP contribution in [0.2, 0.25) is 0 Å². The van der Waals surface area contributed by atoms with E-state index >= 15 is 0 Å². The van der Waals surface area contributed by atoms with E-state index in [0.29, 0.717) is 23.7 Å². The molecule has 1 unspecified atom stereocenters. The summed E-state index contributed by atoms with van der Waals surface area (Å²) in [7, 11) is 1.56. The molecular weight excluding hydrogens is 320 g/mol. The number of amides is 2. The predicted molar refractivity (Wildman–Crippen MR) is 94.9 cm³/mol. The standard InChI is InChI=1S/C19H20N2O4/c1-12-6-7-17(25-2)16(8-12)21-11-13(9-18(21)23)19(24)20-14-4-3-5-15(22)10-14/h3-8,10,13,22H,9,11H2,1-2H3,(H,20,24). The first kappa shape index (κ1) is 16.8. The summed E-state index contributed by atoms with van der Waals surface area (Å²) in [6.07, 6.45) is 0.141. The summed E-state index contributed by atoms with van der Waals surface area (Å²) in [5.74, 6) is -0.132. The van der Waals surface area contributed by atoms with Crippen molar-refractivity contribution in [1.82, 2.24) is 0 Å². The number of benzene rings is 2. The Morgan fingerprint density at radius 3 is 2.80 bits per heavy atom. The van der Waals surface area contributed by atoms with Crippen LogP contribution in [0.25, 0.3) is 0 Å². The first-order valence-corrected chi connectivity index (χ1v) is 8.03. The minimum absolute atomic E-state index is 0.0754. The molecule has 1 fully saturated rings. The molecule has 1 aliphatic rings. The van der Waals surface area contributed by atoms with Gasteiger partial charge in [-0.25, -0.2) is 0 Å². The van der Waals surface area contributed by atoms with E-state index in [9.17, 15) is 14.7 Å². The van der Waals surface area contributed by atoms with Gasteiger partial charge < -0.3 is 20.1 Å². The van der Waals surface area contributed by atoms with Crippen molar-refractivity contribution in [1.29, 1.82) is 0 Å². The van der Waals surface area contributed by atoms with Crippen molar-refractivity contribution in [3.63, 3.8) is 0 Å². The van der Waals surface area contributed by atoms with E-state index in [1.807, 2.05) is 25.1 Å². The highest BCUT2D eigenvalue weighted by Crippen LogP contribution is 2.34. The van der Waals surface area contributed by atoms with Crippen molar-refractivity contribution in [2.45, 2.75) is 13.3 Å². The lowest BCUT2D eigenvalue weighted by Crippen LogP contribution is -2.28. The average Bonchev–Trinajstić information content (AvgIpc) is 2.96. The summed E-state index contributed by atoms with van der Waals surface area (Å²) >= 11 is 0. The SMILES string of the molecule is COc1ccc(C)cc1N1CC(C(=O)Nc2cccc(O)c2)CC1=O. The number of carbonyl (C=O) groups is 2. The van der Waals surface area contributed by atoms with Crippen LogP contribution in [0.15, 0.2) is 42.5 Å². The molecule has 0 aromatic heterocycles. The quantitative estimate of drug-likeness (QED) is 0.897. The van der Waals surface area contributed by atoms with Gasteiger partial charge in [-0.2, -0.15) is 0 Å². The van der Waals surface area contributed by atoms with Crippen LogP contribution >= 0.6 is 0 Å². The van der Waals surface area contributed by atoms with Crippen molar-refractivity contribution < 1.29 is 19.4 Å². The van der Waals surface area contributed by atoms with Crippen LogP contribution in [-0.4, -0.2) is 30.6 Å². The van der Waals surface area contributed by atoms with Crippen molar-refractivity contribution >= 4 is 23.2 Å². The van der Waals surface area contributed by atoms with Gasteiger partial charge in [-0.15, -0.1) is 0 Å². The Hall–Kier alpha value is -3.02. The summed E-state index contributed by atoms with van der Waals surface area (Å²) in [6.45, 7) is 2.23. The highest BCUT2D eigenvalue weighted by Gasteiger charge is 2.36. The summed E-state index contributed by atoms with van der Waals surface area (Å²) < 4.78 is 5.34. The Balaban J connectivity index is 1.76. The highest BCUT2D eigenvalue weighted by molar-refractivity contribution is 6.04.